The van der Waals surface area contributed by atoms with Gasteiger partial charge < -0.3 is 4.74 Å². The van der Waals surface area contributed by atoms with Gasteiger partial charge in [-0.15, -0.1) is 0 Å². The topological polar surface area (TPSA) is 38.3 Å². The molecular weight excluding hydrogens is 356 g/mol. The molecule has 1 amide bonds. The van der Waals surface area contributed by atoms with Crippen LogP contribution in [0, 0.1) is 24.0 Å². The quantitative estimate of drug-likeness (QED) is 0.675. The number of hydrogen-bond donors (Lipinski definition) is 1. The predicted molar refractivity (Wildman–Crippen MR) is 87.0 cm³/mol. The molecule has 0 saturated carbocycles. The number of halogens is 3. The fraction of sp³-hybridized carbons (Fsp3) is 0.562. The highest BCUT2D eigenvalue weighted by atomic mass is 79.9. The van der Waals surface area contributed by atoms with Gasteiger partial charge in [-0.1, -0.05) is 20.8 Å². The van der Waals surface area contributed by atoms with E-state index in [0.29, 0.717) is 6.42 Å². The molecule has 1 rings (SSSR count). The maximum Gasteiger partial charge on any atom is 0.412 e. The molecular formula is C16H22BrF2NO2. The van der Waals surface area contributed by atoms with Gasteiger partial charge in [-0.2, -0.15) is 0 Å². The van der Waals surface area contributed by atoms with Gasteiger partial charge in [-0.05, 0) is 60.2 Å². The van der Waals surface area contributed by atoms with Gasteiger partial charge in [0.25, 0.3) is 0 Å². The van der Waals surface area contributed by atoms with Crippen LogP contribution < -0.4 is 5.32 Å². The highest BCUT2D eigenvalue weighted by Crippen LogP contribution is 2.31. The van der Waals surface area contributed by atoms with E-state index in [1.54, 1.807) is 13.8 Å². The number of amides is 1. The first-order valence-electron chi connectivity index (χ1n) is 6.96. The maximum atomic E-state index is 14.0. The van der Waals surface area contributed by atoms with Gasteiger partial charge in [0, 0.05) is 0 Å². The Bertz CT molecular complexity index is 554. The van der Waals surface area contributed by atoms with Crippen LogP contribution in [0.5, 0.6) is 0 Å². The predicted octanol–water partition coefficient (Wildman–Crippen LogP) is 5.80. The molecule has 0 aromatic heterocycles. The zero-order valence-electron chi connectivity index (χ0n) is 13.7. The highest BCUT2D eigenvalue weighted by Gasteiger charge is 2.30. The Morgan fingerprint density at radius 2 is 1.77 bits per heavy atom. The first-order chi connectivity index (χ1) is 9.82. The van der Waals surface area contributed by atoms with Gasteiger partial charge in [0.1, 0.15) is 11.3 Å². The average molecular weight is 378 g/mol. The van der Waals surface area contributed by atoms with E-state index in [-0.39, 0.29) is 15.5 Å². The summed E-state index contributed by atoms with van der Waals surface area (Å²) in [5.41, 5.74) is -1.09. The zero-order chi connectivity index (χ0) is 17.3. The van der Waals surface area contributed by atoms with E-state index in [1.807, 2.05) is 20.8 Å². The standard InChI is InChI=1S/C16H22BrF2NO2/c1-9-7-10(17)12(19)13(11(9)18)20-14(21)22-16(5,6)8-15(2,3)4/h7H,8H2,1-6H3,(H,20,21). The molecule has 3 nitrogen and oxygen atoms in total. The summed E-state index contributed by atoms with van der Waals surface area (Å²) in [5, 5.41) is 2.16. The van der Waals surface area contributed by atoms with E-state index < -0.39 is 29.0 Å². The Balaban J connectivity index is 2.91. The average Bonchev–Trinajstić information content (AvgIpc) is 2.28. The number of rotatable bonds is 3. The van der Waals surface area contributed by atoms with E-state index in [4.69, 9.17) is 4.74 Å². The number of carbonyl (C=O) groups excluding carboxylic acids is 1. The van der Waals surface area contributed by atoms with Crippen molar-refractivity contribution in [3.05, 3.63) is 27.7 Å². The first kappa shape index (κ1) is 18.9. The smallest absolute Gasteiger partial charge is 0.412 e. The van der Waals surface area contributed by atoms with Crippen LogP contribution in [0.25, 0.3) is 0 Å². The number of hydrogen-bond acceptors (Lipinski definition) is 2. The van der Waals surface area contributed by atoms with Crippen LogP contribution in [-0.2, 0) is 4.74 Å². The molecule has 0 bridgehead atoms. The van der Waals surface area contributed by atoms with Gasteiger partial charge in [-0.3, -0.25) is 5.32 Å². The summed E-state index contributed by atoms with van der Waals surface area (Å²) in [6, 6.07) is 1.31. The molecule has 0 aliphatic carbocycles. The van der Waals surface area contributed by atoms with E-state index in [0.717, 1.165) is 0 Å². The van der Waals surface area contributed by atoms with Gasteiger partial charge in [0.05, 0.1) is 4.47 Å². The summed E-state index contributed by atoms with van der Waals surface area (Å²) < 4.78 is 33.3. The minimum atomic E-state index is -0.885. The molecule has 0 saturated heterocycles. The van der Waals surface area contributed by atoms with Crippen LogP contribution in [0.2, 0.25) is 0 Å². The van der Waals surface area contributed by atoms with E-state index in [2.05, 4.69) is 21.2 Å². The van der Waals surface area contributed by atoms with Crippen molar-refractivity contribution in [2.45, 2.75) is 53.6 Å². The maximum absolute atomic E-state index is 14.0. The van der Waals surface area contributed by atoms with Crippen LogP contribution in [0.1, 0.15) is 46.6 Å². The Labute approximate surface area is 138 Å². The number of ether oxygens (including phenoxy) is 1. The monoisotopic (exact) mass is 377 g/mol. The van der Waals surface area contributed by atoms with E-state index in [9.17, 15) is 13.6 Å². The zero-order valence-corrected chi connectivity index (χ0v) is 15.3. The molecule has 124 valence electrons. The Hall–Kier alpha value is -1.17. The summed E-state index contributed by atoms with van der Waals surface area (Å²) in [5.74, 6) is -1.68. The lowest BCUT2D eigenvalue weighted by molar-refractivity contribution is 0.0180. The molecule has 0 aliphatic heterocycles. The fourth-order valence-electron chi connectivity index (χ4n) is 2.53. The summed E-state index contributed by atoms with van der Waals surface area (Å²) in [7, 11) is 0. The molecule has 0 unspecified atom stereocenters. The van der Waals surface area contributed by atoms with Gasteiger partial charge >= 0.3 is 6.09 Å². The molecule has 1 aromatic carbocycles. The van der Waals surface area contributed by atoms with Crippen LogP contribution in [0.3, 0.4) is 0 Å². The van der Waals surface area contributed by atoms with Gasteiger partial charge in [0.2, 0.25) is 0 Å². The van der Waals surface area contributed by atoms with Crippen LogP contribution >= 0.6 is 15.9 Å². The van der Waals surface area contributed by atoms with Crippen molar-refractivity contribution >= 4 is 27.7 Å². The van der Waals surface area contributed by atoms with Crippen molar-refractivity contribution in [3.8, 4) is 0 Å². The summed E-state index contributed by atoms with van der Waals surface area (Å²) in [6.45, 7) is 11.1. The summed E-state index contributed by atoms with van der Waals surface area (Å²) >= 11 is 2.99. The number of nitrogens with one attached hydrogen (secondary N) is 1. The lowest BCUT2D eigenvalue weighted by atomic mass is 9.84. The van der Waals surface area contributed by atoms with E-state index in [1.165, 1.54) is 13.0 Å². The second-order valence-corrected chi connectivity index (χ2v) is 8.04. The van der Waals surface area contributed by atoms with Crippen molar-refractivity contribution in [2.24, 2.45) is 5.41 Å². The third-order valence-electron chi connectivity index (χ3n) is 2.89. The minimum Gasteiger partial charge on any atom is -0.443 e. The molecule has 1 aromatic rings. The van der Waals surface area contributed by atoms with E-state index >= 15 is 0 Å². The molecule has 22 heavy (non-hydrogen) atoms. The number of anilines is 1. The fourth-order valence-corrected chi connectivity index (χ4v) is 3.07. The van der Waals surface area contributed by atoms with Crippen molar-refractivity contribution in [1.29, 1.82) is 0 Å². The number of benzene rings is 1. The number of aryl methyl sites for hydroxylation is 1. The lowest BCUT2D eigenvalue weighted by Gasteiger charge is -2.32. The van der Waals surface area contributed by atoms with Crippen molar-refractivity contribution in [3.63, 3.8) is 0 Å². The van der Waals surface area contributed by atoms with Crippen molar-refractivity contribution in [2.75, 3.05) is 5.32 Å². The highest BCUT2D eigenvalue weighted by molar-refractivity contribution is 9.10. The van der Waals surface area contributed by atoms with Crippen LogP contribution in [0.15, 0.2) is 10.5 Å². The third-order valence-corrected chi connectivity index (χ3v) is 3.47. The first-order valence-corrected chi connectivity index (χ1v) is 7.76. The van der Waals surface area contributed by atoms with Crippen LogP contribution in [0.4, 0.5) is 19.3 Å². The molecule has 0 aliphatic rings. The normalized spacial score (nSPS) is 12.2. The summed E-state index contributed by atoms with van der Waals surface area (Å²) in [4.78, 5) is 12.0. The Kier molecular flexibility index (Phi) is 5.60. The SMILES string of the molecule is Cc1cc(Br)c(F)c(NC(=O)OC(C)(C)CC(C)(C)C)c1F. The molecule has 0 radical (unpaired) electrons. The molecule has 0 heterocycles. The van der Waals surface area contributed by atoms with Crippen molar-refractivity contribution in [1.82, 2.24) is 0 Å². The van der Waals surface area contributed by atoms with Gasteiger partial charge in [0.15, 0.2) is 11.6 Å². The van der Waals surface area contributed by atoms with Crippen molar-refractivity contribution < 1.29 is 18.3 Å². The third kappa shape index (κ3) is 5.23. The molecule has 0 spiro atoms. The summed E-state index contributed by atoms with van der Waals surface area (Å²) in [6.07, 6.45) is -0.278. The molecule has 0 atom stereocenters. The second kappa shape index (κ2) is 6.52. The largest absolute Gasteiger partial charge is 0.443 e. The second-order valence-electron chi connectivity index (χ2n) is 7.19. The molecule has 0 fully saturated rings. The lowest BCUT2D eigenvalue weighted by Crippen LogP contribution is -2.34. The number of carbonyl (C=O) groups is 1. The Morgan fingerprint density at radius 3 is 2.27 bits per heavy atom. The molecule has 1 N–H and O–H groups in total. The van der Waals surface area contributed by atoms with Gasteiger partial charge in [-0.25, -0.2) is 13.6 Å². The van der Waals surface area contributed by atoms with Crippen LogP contribution in [-0.4, -0.2) is 11.7 Å². The Morgan fingerprint density at radius 1 is 1.23 bits per heavy atom. The minimum absolute atomic E-state index is 0.0490. The molecule has 6 heteroatoms.